The first-order valence-corrected chi connectivity index (χ1v) is 7.89. The lowest BCUT2D eigenvalue weighted by Crippen LogP contribution is -2.36. The first kappa shape index (κ1) is 14.2. The topological polar surface area (TPSA) is 29.1 Å². The van der Waals surface area contributed by atoms with Gasteiger partial charge in [-0.15, -0.1) is 0 Å². The molecule has 3 heteroatoms. The van der Waals surface area contributed by atoms with Crippen LogP contribution in [0.25, 0.3) is 0 Å². The molecule has 2 unspecified atom stereocenters. The SMILES string of the molecule is CCCC(NCCS(=O)C(C)(C)C)C1CC1. The van der Waals surface area contributed by atoms with Gasteiger partial charge in [-0.3, -0.25) is 4.21 Å². The van der Waals surface area contributed by atoms with Crippen LogP contribution in [0.15, 0.2) is 0 Å². The molecule has 0 heterocycles. The van der Waals surface area contributed by atoms with E-state index in [1.54, 1.807) is 0 Å². The maximum atomic E-state index is 11.9. The van der Waals surface area contributed by atoms with Crippen molar-refractivity contribution in [2.24, 2.45) is 5.92 Å². The first-order chi connectivity index (χ1) is 7.45. The molecule has 0 saturated heterocycles. The van der Waals surface area contributed by atoms with Gasteiger partial charge >= 0.3 is 0 Å². The van der Waals surface area contributed by atoms with Gasteiger partial charge in [-0.1, -0.05) is 13.3 Å². The van der Waals surface area contributed by atoms with Gasteiger partial charge in [-0.05, 0) is 46.0 Å². The second-order valence-corrected chi connectivity index (χ2v) is 8.17. The molecule has 1 N–H and O–H groups in total. The molecule has 0 aromatic carbocycles. The summed E-state index contributed by atoms with van der Waals surface area (Å²) in [5, 5.41) is 3.59. The van der Waals surface area contributed by atoms with Gasteiger partial charge in [-0.25, -0.2) is 0 Å². The van der Waals surface area contributed by atoms with E-state index in [0.717, 1.165) is 18.2 Å². The zero-order chi connectivity index (χ0) is 12.2. The van der Waals surface area contributed by atoms with Crippen LogP contribution in [0.4, 0.5) is 0 Å². The molecule has 1 aliphatic carbocycles. The fourth-order valence-electron chi connectivity index (χ4n) is 1.96. The summed E-state index contributed by atoms with van der Waals surface area (Å²) in [4.78, 5) is 0. The van der Waals surface area contributed by atoms with Crippen molar-refractivity contribution >= 4 is 10.8 Å². The van der Waals surface area contributed by atoms with Gasteiger partial charge in [0.15, 0.2) is 0 Å². The minimum atomic E-state index is -0.713. The average molecular weight is 245 g/mol. The van der Waals surface area contributed by atoms with Crippen LogP contribution in [-0.2, 0) is 10.8 Å². The van der Waals surface area contributed by atoms with Crippen LogP contribution in [0.1, 0.15) is 53.4 Å². The molecule has 0 radical (unpaired) electrons. The lowest BCUT2D eigenvalue weighted by Gasteiger charge is -2.21. The van der Waals surface area contributed by atoms with Crippen LogP contribution in [0, 0.1) is 5.92 Å². The van der Waals surface area contributed by atoms with E-state index in [-0.39, 0.29) is 4.75 Å². The first-order valence-electron chi connectivity index (χ1n) is 6.57. The molecule has 96 valence electrons. The summed E-state index contributed by atoms with van der Waals surface area (Å²) >= 11 is 0. The molecule has 0 bridgehead atoms. The van der Waals surface area contributed by atoms with E-state index < -0.39 is 10.8 Å². The summed E-state index contributed by atoms with van der Waals surface area (Å²) in [7, 11) is -0.713. The third-order valence-corrected chi connectivity index (χ3v) is 5.11. The third-order valence-electron chi connectivity index (χ3n) is 3.17. The van der Waals surface area contributed by atoms with Crippen molar-refractivity contribution < 1.29 is 4.21 Å². The van der Waals surface area contributed by atoms with Crippen molar-refractivity contribution in [1.82, 2.24) is 5.32 Å². The van der Waals surface area contributed by atoms with E-state index in [9.17, 15) is 4.21 Å². The zero-order valence-electron chi connectivity index (χ0n) is 11.2. The molecular weight excluding hydrogens is 218 g/mol. The molecule has 1 saturated carbocycles. The predicted octanol–water partition coefficient (Wildman–Crippen LogP) is 2.70. The van der Waals surface area contributed by atoms with Gasteiger partial charge in [0.05, 0.1) is 0 Å². The van der Waals surface area contributed by atoms with Crippen molar-refractivity contribution in [3.05, 3.63) is 0 Å². The predicted molar refractivity (Wildman–Crippen MR) is 72.2 cm³/mol. The molecule has 0 aromatic rings. The van der Waals surface area contributed by atoms with E-state index in [2.05, 4.69) is 12.2 Å². The van der Waals surface area contributed by atoms with Crippen molar-refractivity contribution in [3.63, 3.8) is 0 Å². The van der Waals surface area contributed by atoms with Gasteiger partial charge in [0.2, 0.25) is 0 Å². The zero-order valence-corrected chi connectivity index (χ0v) is 12.0. The molecule has 0 aliphatic heterocycles. The fourth-order valence-corrected chi connectivity index (χ4v) is 2.87. The second-order valence-electron chi connectivity index (χ2n) is 5.85. The van der Waals surface area contributed by atoms with Crippen LogP contribution >= 0.6 is 0 Å². The Balaban J connectivity index is 2.20. The standard InChI is InChI=1S/C13H27NOS/c1-5-6-12(11-7-8-11)14-9-10-16(15)13(2,3)4/h11-12,14H,5-10H2,1-4H3. The Labute approximate surface area is 103 Å². The van der Waals surface area contributed by atoms with Gasteiger partial charge in [0.1, 0.15) is 0 Å². The Morgan fingerprint density at radius 3 is 2.44 bits per heavy atom. The third kappa shape index (κ3) is 4.96. The highest BCUT2D eigenvalue weighted by Gasteiger charge is 2.30. The molecule has 1 fully saturated rings. The Hall–Kier alpha value is 0.110. The molecule has 1 aliphatic rings. The molecule has 0 amide bonds. The summed E-state index contributed by atoms with van der Waals surface area (Å²) in [6.07, 6.45) is 5.30. The van der Waals surface area contributed by atoms with Crippen LogP contribution in [0.3, 0.4) is 0 Å². The van der Waals surface area contributed by atoms with Gasteiger partial charge < -0.3 is 5.32 Å². The molecule has 2 atom stereocenters. The maximum Gasteiger partial charge on any atom is 0.0375 e. The monoisotopic (exact) mass is 245 g/mol. The molecular formula is C13H27NOS. The molecule has 2 nitrogen and oxygen atoms in total. The molecule has 16 heavy (non-hydrogen) atoms. The highest BCUT2D eigenvalue weighted by Crippen LogP contribution is 2.34. The Bertz CT molecular complexity index is 231. The van der Waals surface area contributed by atoms with Gasteiger partial charge in [0.25, 0.3) is 0 Å². The van der Waals surface area contributed by atoms with Crippen LogP contribution in [-0.4, -0.2) is 27.3 Å². The smallest absolute Gasteiger partial charge is 0.0375 e. The van der Waals surface area contributed by atoms with E-state index in [1.165, 1.54) is 25.7 Å². The van der Waals surface area contributed by atoms with Gasteiger partial charge in [-0.2, -0.15) is 0 Å². The van der Waals surface area contributed by atoms with Crippen molar-refractivity contribution in [2.45, 2.75) is 64.2 Å². The number of hydrogen-bond donors (Lipinski definition) is 1. The number of rotatable bonds is 7. The quantitative estimate of drug-likeness (QED) is 0.747. The lowest BCUT2D eigenvalue weighted by atomic mass is 10.1. The van der Waals surface area contributed by atoms with E-state index in [1.807, 2.05) is 20.8 Å². The molecule has 0 spiro atoms. The minimum Gasteiger partial charge on any atom is -0.313 e. The van der Waals surface area contributed by atoms with Crippen molar-refractivity contribution in [2.75, 3.05) is 12.3 Å². The van der Waals surface area contributed by atoms with Gasteiger partial charge in [0, 0.05) is 33.9 Å². The molecule has 1 rings (SSSR count). The highest BCUT2D eigenvalue weighted by atomic mass is 32.2. The number of nitrogens with one attached hydrogen (secondary N) is 1. The minimum absolute atomic E-state index is 0.0679. The van der Waals surface area contributed by atoms with Crippen LogP contribution in [0.5, 0.6) is 0 Å². The highest BCUT2D eigenvalue weighted by molar-refractivity contribution is 7.86. The summed E-state index contributed by atoms with van der Waals surface area (Å²) in [5.74, 6) is 1.69. The summed E-state index contributed by atoms with van der Waals surface area (Å²) < 4.78 is 11.8. The maximum absolute atomic E-state index is 11.9. The Kier molecular flexibility index (Phi) is 5.45. The van der Waals surface area contributed by atoms with Crippen LogP contribution < -0.4 is 5.32 Å². The van der Waals surface area contributed by atoms with E-state index in [4.69, 9.17) is 0 Å². The van der Waals surface area contributed by atoms with E-state index >= 15 is 0 Å². The fraction of sp³-hybridized carbons (Fsp3) is 1.00. The normalized spacial score (nSPS) is 20.8. The summed E-state index contributed by atoms with van der Waals surface area (Å²) in [6.45, 7) is 9.30. The Morgan fingerprint density at radius 1 is 1.38 bits per heavy atom. The van der Waals surface area contributed by atoms with E-state index in [0.29, 0.717) is 6.04 Å². The number of hydrogen-bond acceptors (Lipinski definition) is 2. The second kappa shape index (κ2) is 6.15. The van der Waals surface area contributed by atoms with Crippen molar-refractivity contribution in [1.29, 1.82) is 0 Å². The Morgan fingerprint density at radius 2 is 2.00 bits per heavy atom. The average Bonchev–Trinajstić information content (AvgIpc) is 2.98. The summed E-state index contributed by atoms with van der Waals surface area (Å²) in [5.41, 5.74) is 0. The summed E-state index contributed by atoms with van der Waals surface area (Å²) in [6, 6.07) is 0.682. The van der Waals surface area contributed by atoms with Crippen LogP contribution in [0.2, 0.25) is 0 Å². The lowest BCUT2D eigenvalue weighted by molar-refractivity contribution is 0.442. The van der Waals surface area contributed by atoms with Crippen molar-refractivity contribution in [3.8, 4) is 0 Å². The molecule has 0 aromatic heterocycles. The largest absolute Gasteiger partial charge is 0.313 e.